The van der Waals surface area contributed by atoms with Gasteiger partial charge in [0.05, 0.1) is 0 Å². The maximum atomic E-state index is 13.5. The molecule has 18 heteroatoms. The zero-order valence-corrected chi connectivity index (χ0v) is 16.2. The lowest BCUT2D eigenvalue weighted by Crippen LogP contribution is -2.71. The number of halogens is 15. The molecular weight excluding hydrogens is 511 g/mol. The first-order valence-electron chi connectivity index (χ1n) is 8.71. The number of nitrogens with one attached hydrogen (secondary N) is 1. The number of rotatable bonds is 12. The van der Waals surface area contributed by atoms with Crippen molar-refractivity contribution in [3.8, 4) is 0 Å². The lowest BCUT2D eigenvalue weighted by atomic mass is 9.92. The summed E-state index contributed by atoms with van der Waals surface area (Å²) in [5.41, 5.74) is 0. The quantitative estimate of drug-likeness (QED) is 0.219. The highest BCUT2D eigenvalue weighted by Crippen LogP contribution is 2.61. The van der Waals surface area contributed by atoms with Gasteiger partial charge < -0.3 is 10.1 Å². The molecular formula is C15H16F15NO2. The van der Waals surface area contributed by atoms with Gasteiger partial charge in [0.1, 0.15) is 6.42 Å². The van der Waals surface area contributed by atoms with Crippen LogP contribution in [0.1, 0.15) is 39.0 Å². The van der Waals surface area contributed by atoms with Gasteiger partial charge in [-0.15, -0.1) is 0 Å². The topological polar surface area (TPSA) is 38.3 Å². The van der Waals surface area contributed by atoms with Crippen molar-refractivity contribution in [1.82, 2.24) is 5.32 Å². The predicted molar refractivity (Wildman–Crippen MR) is 79.0 cm³/mol. The van der Waals surface area contributed by atoms with E-state index >= 15 is 0 Å². The minimum atomic E-state index is -8.19. The van der Waals surface area contributed by atoms with Gasteiger partial charge in [-0.05, 0) is 6.42 Å². The van der Waals surface area contributed by atoms with Crippen LogP contribution in [-0.2, 0) is 4.74 Å². The number of unbranched alkanes of at least 4 members (excludes halogenated alkanes) is 3. The van der Waals surface area contributed by atoms with Crippen molar-refractivity contribution in [3.63, 3.8) is 0 Å². The van der Waals surface area contributed by atoms with E-state index < -0.39 is 61.0 Å². The molecule has 198 valence electrons. The van der Waals surface area contributed by atoms with Gasteiger partial charge in [0.25, 0.3) is 0 Å². The van der Waals surface area contributed by atoms with Crippen molar-refractivity contribution in [2.45, 2.75) is 80.9 Å². The number of ether oxygens (including phenoxy) is 1. The van der Waals surface area contributed by atoms with Crippen LogP contribution in [0.4, 0.5) is 70.7 Å². The van der Waals surface area contributed by atoms with Crippen molar-refractivity contribution < 1.29 is 75.4 Å². The zero-order chi connectivity index (χ0) is 26.7. The molecule has 0 aliphatic heterocycles. The second-order valence-electron chi connectivity index (χ2n) is 6.69. The highest BCUT2D eigenvalue weighted by molar-refractivity contribution is 5.67. The molecule has 0 spiro atoms. The molecule has 0 saturated carbocycles. The van der Waals surface area contributed by atoms with E-state index in [0.717, 1.165) is 0 Å². The van der Waals surface area contributed by atoms with Gasteiger partial charge in [-0.1, -0.05) is 26.2 Å². The molecule has 0 unspecified atom stereocenters. The van der Waals surface area contributed by atoms with Gasteiger partial charge in [-0.3, -0.25) is 0 Å². The lowest BCUT2D eigenvalue weighted by Gasteiger charge is -2.40. The fourth-order valence-corrected chi connectivity index (χ4v) is 2.13. The zero-order valence-electron chi connectivity index (χ0n) is 16.2. The van der Waals surface area contributed by atoms with Crippen LogP contribution in [0.2, 0.25) is 0 Å². The lowest BCUT2D eigenvalue weighted by molar-refractivity contribution is -0.452. The number of hydrogen-bond donors (Lipinski definition) is 1. The molecule has 0 rings (SSSR count). The third kappa shape index (κ3) is 6.42. The minimum Gasteiger partial charge on any atom is -0.379 e. The molecule has 0 fully saturated rings. The number of amides is 1. The summed E-state index contributed by atoms with van der Waals surface area (Å²) >= 11 is 0. The van der Waals surface area contributed by atoms with E-state index in [4.69, 9.17) is 0 Å². The molecule has 0 atom stereocenters. The smallest absolute Gasteiger partial charge is 0.379 e. The molecule has 0 aliphatic rings. The van der Waals surface area contributed by atoms with E-state index in [9.17, 15) is 70.7 Å². The van der Waals surface area contributed by atoms with Gasteiger partial charge in [0, 0.05) is 6.54 Å². The molecule has 3 nitrogen and oxygen atoms in total. The molecule has 1 N–H and O–H groups in total. The van der Waals surface area contributed by atoms with Crippen LogP contribution in [-0.4, -0.2) is 54.5 Å². The van der Waals surface area contributed by atoms with Crippen LogP contribution < -0.4 is 5.32 Å². The van der Waals surface area contributed by atoms with Crippen LogP contribution >= 0.6 is 0 Å². The Morgan fingerprint density at radius 1 is 0.667 bits per heavy atom. The minimum absolute atomic E-state index is 0.0274. The Balaban J connectivity index is 5.85. The van der Waals surface area contributed by atoms with E-state index in [2.05, 4.69) is 4.74 Å². The molecule has 33 heavy (non-hydrogen) atoms. The summed E-state index contributed by atoms with van der Waals surface area (Å²) in [6, 6.07) is 0. The summed E-state index contributed by atoms with van der Waals surface area (Å²) in [5.74, 6) is -39.2. The van der Waals surface area contributed by atoms with Gasteiger partial charge in [-0.2, -0.15) is 65.9 Å². The Morgan fingerprint density at radius 2 is 1.12 bits per heavy atom. The van der Waals surface area contributed by atoms with Crippen LogP contribution in [0.15, 0.2) is 0 Å². The van der Waals surface area contributed by atoms with Crippen molar-refractivity contribution >= 4 is 6.09 Å². The Kier molecular flexibility index (Phi) is 9.30. The molecule has 1 amide bonds. The summed E-state index contributed by atoms with van der Waals surface area (Å²) in [4.78, 5) is 11.1. The average molecular weight is 527 g/mol. The Hall–Kier alpha value is -1.78. The predicted octanol–water partition coefficient (Wildman–Crippen LogP) is 7.01. The van der Waals surface area contributed by atoms with Gasteiger partial charge in [0.2, 0.25) is 0 Å². The standard InChI is InChI=1S/C15H16F15NO2/c1-2-3-4-5-6-31-8(32)33-15(29,30)14(27,28)13(25,26)12(23,24)11(21,22)9(16,17)7-10(18,19)20/h2-7H2,1H3,(H,31,32). The van der Waals surface area contributed by atoms with Gasteiger partial charge in [-0.25, -0.2) is 4.79 Å². The van der Waals surface area contributed by atoms with Crippen LogP contribution in [0.25, 0.3) is 0 Å². The number of alkyl halides is 15. The van der Waals surface area contributed by atoms with Crippen molar-refractivity contribution in [1.29, 1.82) is 0 Å². The third-order valence-corrected chi connectivity index (χ3v) is 3.95. The Morgan fingerprint density at radius 3 is 1.55 bits per heavy atom. The van der Waals surface area contributed by atoms with E-state index in [1.165, 1.54) is 5.32 Å². The number of alkyl carbamates (subject to hydrolysis) is 1. The molecule has 0 aromatic heterocycles. The first-order chi connectivity index (χ1) is 14.4. The molecule has 0 heterocycles. The SMILES string of the molecule is CCCCCCNC(=O)OC(F)(F)C(F)(F)C(F)(F)C(F)(F)C(F)(F)C(F)(F)CC(F)(F)F. The summed E-state index contributed by atoms with van der Waals surface area (Å²) in [6.45, 7) is 1.16. The molecule has 0 aliphatic carbocycles. The largest absolute Gasteiger partial charge is 0.474 e. The van der Waals surface area contributed by atoms with Crippen LogP contribution in [0.3, 0.4) is 0 Å². The Labute approximate surface area is 175 Å². The molecule has 0 saturated heterocycles. The number of carbonyl (C=O) groups is 1. The first kappa shape index (κ1) is 31.2. The monoisotopic (exact) mass is 527 g/mol. The second kappa shape index (κ2) is 9.84. The molecule has 0 radical (unpaired) electrons. The highest BCUT2D eigenvalue weighted by atomic mass is 19.4. The maximum Gasteiger partial charge on any atom is 0.474 e. The molecule has 0 aromatic rings. The van der Waals surface area contributed by atoms with E-state index in [1.807, 2.05) is 0 Å². The van der Waals surface area contributed by atoms with Crippen molar-refractivity contribution in [3.05, 3.63) is 0 Å². The highest BCUT2D eigenvalue weighted by Gasteiger charge is 2.91. The fraction of sp³-hybridized carbons (Fsp3) is 0.933. The van der Waals surface area contributed by atoms with Gasteiger partial charge in [0.15, 0.2) is 0 Å². The molecule has 0 aromatic carbocycles. The van der Waals surface area contributed by atoms with Crippen molar-refractivity contribution in [2.75, 3.05) is 6.54 Å². The summed E-state index contributed by atoms with van der Waals surface area (Å²) in [5, 5.41) is 1.34. The number of hydrogen-bond acceptors (Lipinski definition) is 2. The summed E-state index contributed by atoms with van der Waals surface area (Å²) in [7, 11) is 0. The van der Waals surface area contributed by atoms with Gasteiger partial charge >= 0.3 is 48.0 Å². The first-order valence-corrected chi connectivity index (χ1v) is 8.71. The maximum absolute atomic E-state index is 13.5. The van der Waals surface area contributed by atoms with Crippen molar-refractivity contribution in [2.24, 2.45) is 0 Å². The van der Waals surface area contributed by atoms with E-state index in [1.54, 1.807) is 6.92 Å². The van der Waals surface area contributed by atoms with E-state index in [-0.39, 0.29) is 6.42 Å². The Bertz CT molecular complexity index is 660. The average Bonchev–Trinajstić information content (AvgIpc) is 2.58. The second-order valence-corrected chi connectivity index (χ2v) is 6.69. The van der Waals surface area contributed by atoms with Crippen LogP contribution in [0, 0.1) is 0 Å². The van der Waals surface area contributed by atoms with Crippen LogP contribution in [0.5, 0.6) is 0 Å². The third-order valence-electron chi connectivity index (χ3n) is 3.95. The normalized spacial score (nSPS) is 14.9. The molecule has 0 bridgehead atoms. The summed E-state index contributed by atoms with van der Waals surface area (Å²) < 4.78 is 199. The van der Waals surface area contributed by atoms with E-state index in [0.29, 0.717) is 19.3 Å². The fourth-order valence-electron chi connectivity index (χ4n) is 2.13. The summed E-state index contributed by atoms with van der Waals surface area (Å²) in [6.07, 6.45) is -18.6. The number of carbonyl (C=O) groups excluding carboxylic acids is 1.